The molecule has 0 rings (SSSR count). The Morgan fingerprint density at radius 2 is 2.15 bits per heavy atom. The maximum absolute atomic E-state index is 11.3. The molecule has 0 saturated heterocycles. The van der Waals surface area contributed by atoms with Gasteiger partial charge in [0.2, 0.25) is 0 Å². The van der Waals surface area contributed by atoms with Crippen LogP contribution in [0.4, 0.5) is 4.79 Å². The quantitative estimate of drug-likeness (QED) is 0.537. The highest BCUT2D eigenvalue weighted by atomic mass is 16.6. The largest absolute Gasteiger partial charge is 0.443 e. The standard InChI is InChI=1S/C9H18N2O2/c1-6-7-10-11(5)8(12)13-9(2,3)4/h6,10H,1,7H2,2-5H3. The molecule has 0 saturated carbocycles. The molecule has 0 unspecified atom stereocenters. The summed E-state index contributed by atoms with van der Waals surface area (Å²) in [6.07, 6.45) is 1.27. The molecule has 0 atom stereocenters. The molecule has 0 aliphatic carbocycles. The van der Waals surface area contributed by atoms with E-state index in [-0.39, 0.29) is 0 Å². The van der Waals surface area contributed by atoms with Gasteiger partial charge in [0.1, 0.15) is 5.60 Å². The first-order valence-corrected chi connectivity index (χ1v) is 4.18. The molecule has 76 valence electrons. The van der Waals surface area contributed by atoms with Crippen molar-refractivity contribution < 1.29 is 9.53 Å². The predicted octanol–water partition coefficient (Wildman–Crippen LogP) is 1.54. The number of carbonyl (C=O) groups is 1. The topological polar surface area (TPSA) is 41.6 Å². The smallest absolute Gasteiger partial charge is 0.424 e. The Morgan fingerprint density at radius 1 is 1.62 bits per heavy atom. The fraction of sp³-hybridized carbons (Fsp3) is 0.667. The third kappa shape index (κ3) is 6.16. The van der Waals surface area contributed by atoms with Crippen molar-refractivity contribution in [3.63, 3.8) is 0 Å². The van der Waals surface area contributed by atoms with Crippen LogP contribution in [0.15, 0.2) is 12.7 Å². The molecule has 0 fully saturated rings. The number of hydrogen-bond donors (Lipinski definition) is 1. The highest BCUT2D eigenvalue weighted by Gasteiger charge is 2.18. The van der Waals surface area contributed by atoms with Crippen LogP contribution in [-0.2, 0) is 4.74 Å². The molecule has 13 heavy (non-hydrogen) atoms. The highest BCUT2D eigenvalue weighted by molar-refractivity contribution is 5.67. The molecule has 0 bridgehead atoms. The van der Waals surface area contributed by atoms with Gasteiger partial charge in [0.15, 0.2) is 0 Å². The number of carbonyl (C=O) groups excluding carboxylic acids is 1. The number of hydrogen-bond acceptors (Lipinski definition) is 3. The second-order valence-electron chi connectivity index (χ2n) is 3.69. The molecule has 0 aromatic carbocycles. The molecule has 0 spiro atoms. The zero-order valence-electron chi connectivity index (χ0n) is 8.76. The first-order valence-electron chi connectivity index (χ1n) is 4.18. The molecule has 0 heterocycles. The minimum absolute atomic E-state index is 0.394. The van der Waals surface area contributed by atoms with Crippen LogP contribution >= 0.6 is 0 Å². The van der Waals surface area contributed by atoms with Crippen LogP contribution in [0, 0.1) is 0 Å². The van der Waals surface area contributed by atoms with Crippen molar-refractivity contribution >= 4 is 6.09 Å². The summed E-state index contributed by atoms with van der Waals surface area (Å²) < 4.78 is 5.09. The van der Waals surface area contributed by atoms with E-state index in [0.29, 0.717) is 6.54 Å². The fourth-order valence-corrected chi connectivity index (χ4v) is 0.596. The Labute approximate surface area is 79.5 Å². The van der Waals surface area contributed by atoms with Gasteiger partial charge in [-0.1, -0.05) is 6.08 Å². The average molecular weight is 186 g/mol. The van der Waals surface area contributed by atoms with Crippen LogP contribution in [0.1, 0.15) is 20.8 Å². The number of rotatable bonds is 3. The van der Waals surface area contributed by atoms with Crippen LogP contribution in [0.2, 0.25) is 0 Å². The minimum Gasteiger partial charge on any atom is -0.443 e. The molecule has 0 aromatic rings. The molecule has 4 heteroatoms. The molecular formula is C9H18N2O2. The van der Waals surface area contributed by atoms with Crippen LogP contribution < -0.4 is 5.43 Å². The van der Waals surface area contributed by atoms with Gasteiger partial charge in [-0.3, -0.25) is 0 Å². The fourth-order valence-electron chi connectivity index (χ4n) is 0.596. The van der Waals surface area contributed by atoms with Crippen LogP contribution in [0.5, 0.6) is 0 Å². The van der Waals surface area contributed by atoms with Gasteiger partial charge in [0.05, 0.1) is 0 Å². The van der Waals surface area contributed by atoms with Gasteiger partial charge in [-0.05, 0) is 20.8 Å². The third-order valence-electron chi connectivity index (χ3n) is 1.14. The van der Waals surface area contributed by atoms with Crippen molar-refractivity contribution in [3.8, 4) is 0 Å². The molecule has 1 N–H and O–H groups in total. The number of nitrogens with zero attached hydrogens (tertiary/aromatic N) is 1. The highest BCUT2D eigenvalue weighted by Crippen LogP contribution is 2.07. The minimum atomic E-state index is -0.457. The number of amides is 1. The van der Waals surface area contributed by atoms with Gasteiger partial charge in [-0.2, -0.15) is 0 Å². The Morgan fingerprint density at radius 3 is 2.54 bits per heavy atom. The molecule has 0 aromatic heterocycles. The van der Waals surface area contributed by atoms with Gasteiger partial charge in [0, 0.05) is 13.6 Å². The second kappa shape index (κ2) is 4.87. The van der Waals surface area contributed by atoms with E-state index in [0.717, 1.165) is 0 Å². The van der Waals surface area contributed by atoms with Crippen molar-refractivity contribution in [1.82, 2.24) is 10.4 Å². The number of nitrogens with one attached hydrogen (secondary N) is 1. The van der Waals surface area contributed by atoms with E-state index in [1.165, 1.54) is 5.01 Å². The summed E-state index contributed by atoms with van der Waals surface area (Å²) in [4.78, 5) is 11.3. The Balaban J connectivity index is 3.89. The number of ether oxygens (including phenoxy) is 1. The molecule has 0 aliphatic rings. The van der Waals surface area contributed by atoms with E-state index in [1.807, 2.05) is 20.8 Å². The SMILES string of the molecule is C=CCNN(C)C(=O)OC(C)(C)C. The van der Waals surface area contributed by atoms with E-state index in [1.54, 1.807) is 13.1 Å². The van der Waals surface area contributed by atoms with Gasteiger partial charge in [-0.25, -0.2) is 15.2 Å². The van der Waals surface area contributed by atoms with Crippen molar-refractivity contribution in [2.24, 2.45) is 0 Å². The Kier molecular flexibility index (Phi) is 4.48. The van der Waals surface area contributed by atoms with Crippen molar-refractivity contribution in [1.29, 1.82) is 0 Å². The van der Waals surface area contributed by atoms with Gasteiger partial charge in [0.25, 0.3) is 0 Å². The summed E-state index contributed by atoms with van der Waals surface area (Å²) in [7, 11) is 1.61. The Bertz CT molecular complexity index is 185. The first kappa shape index (κ1) is 12.0. The van der Waals surface area contributed by atoms with E-state index in [9.17, 15) is 4.79 Å². The zero-order valence-corrected chi connectivity index (χ0v) is 8.76. The summed E-state index contributed by atoms with van der Waals surface area (Å²) >= 11 is 0. The monoisotopic (exact) mass is 186 g/mol. The normalized spacial score (nSPS) is 10.8. The van der Waals surface area contributed by atoms with E-state index >= 15 is 0 Å². The van der Waals surface area contributed by atoms with Gasteiger partial charge < -0.3 is 4.74 Å². The van der Waals surface area contributed by atoms with Crippen LogP contribution in [-0.4, -0.2) is 30.3 Å². The Hall–Kier alpha value is -1.03. The lowest BCUT2D eigenvalue weighted by Gasteiger charge is -2.24. The summed E-state index contributed by atoms with van der Waals surface area (Å²) in [5.41, 5.74) is 2.34. The summed E-state index contributed by atoms with van der Waals surface area (Å²) in [6, 6.07) is 0. The summed E-state index contributed by atoms with van der Waals surface area (Å²) in [6.45, 7) is 9.54. The zero-order chi connectivity index (χ0) is 10.5. The molecule has 0 aliphatic heterocycles. The summed E-state index contributed by atoms with van der Waals surface area (Å²) in [5, 5.41) is 1.30. The van der Waals surface area contributed by atoms with E-state index < -0.39 is 11.7 Å². The maximum Gasteiger partial charge on any atom is 0.424 e. The third-order valence-corrected chi connectivity index (χ3v) is 1.14. The van der Waals surface area contributed by atoms with Crippen molar-refractivity contribution in [2.75, 3.05) is 13.6 Å². The van der Waals surface area contributed by atoms with Gasteiger partial charge in [-0.15, -0.1) is 6.58 Å². The molecular weight excluding hydrogens is 168 g/mol. The number of hydrazine groups is 1. The van der Waals surface area contributed by atoms with E-state index in [2.05, 4.69) is 12.0 Å². The molecule has 1 amide bonds. The van der Waals surface area contributed by atoms with Gasteiger partial charge >= 0.3 is 6.09 Å². The van der Waals surface area contributed by atoms with E-state index in [4.69, 9.17) is 4.74 Å². The molecule has 0 radical (unpaired) electrons. The lowest BCUT2D eigenvalue weighted by molar-refractivity contribution is 0.0212. The van der Waals surface area contributed by atoms with Crippen molar-refractivity contribution in [2.45, 2.75) is 26.4 Å². The molecule has 4 nitrogen and oxygen atoms in total. The van der Waals surface area contributed by atoms with Crippen molar-refractivity contribution in [3.05, 3.63) is 12.7 Å². The average Bonchev–Trinajstić information content (AvgIpc) is 1.96. The lowest BCUT2D eigenvalue weighted by Crippen LogP contribution is -2.42. The summed E-state index contributed by atoms with van der Waals surface area (Å²) in [5.74, 6) is 0. The maximum atomic E-state index is 11.3. The van der Waals surface area contributed by atoms with Crippen LogP contribution in [0.3, 0.4) is 0 Å². The predicted molar refractivity (Wildman–Crippen MR) is 52.2 cm³/mol. The lowest BCUT2D eigenvalue weighted by atomic mass is 10.2. The van der Waals surface area contributed by atoms with Crippen LogP contribution in [0.25, 0.3) is 0 Å². The first-order chi connectivity index (χ1) is 5.87. The second-order valence-corrected chi connectivity index (χ2v) is 3.69.